The number of hydrogen-bond donors (Lipinski definition) is 1. The van der Waals surface area contributed by atoms with Gasteiger partial charge in [-0.2, -0.15) is 5.26 Å². The van der Waals surface area contributed by atoms with E-state index in [4.69, 9.17) is 0 Å². The van der Waals surface area contributed by atoms with Crippen LogP contribution in [-0.4, -0.2) is 11.0 Å². The number of para-hydroxylation sites is 1. The first-order chi connectivity index (χ1) is 8.76. The number of pyridine rings is 1. The predicted octanol–water partition coefficient (Wildman–Crippen LogP) is 3.48. The van der Waals surface area contributed by atoms with Crippen molar-refractivity contribution < 1.29 is 0 Å². The van der Waals surface area contributed by atoms with E-state index in [1.54, 1.807) is 6.20 Å². The zero-order chi connectivity index (χ0) is 13.0. The van der Waals surface area contributed by atoms with Crippen molar-refractivity contribution in [2.24, 2.45) is 0 Å². The van der Waals surface area contributed by atoms with E-state index in [0.717, 1.165) is 23.0 Å². The fourth-order valence-corrected chi connectivity index (χ4v) is 1.94. The number of nitriles is 1. The fraction of sp³-hybridized carbons (Fsp3) is 0.200. The first-order valence-corrected chi connectivity index (χ1v) is 5.91. The Morgan fingerprint density at radius 3 is 3.00 bits per heavy atom. The van der Waals surface area contributed by atoms with Gasteiger partial charge in [-0.1, -0.05) is 24.3 Å². The van der Waals surface area contributed by atoms with Crippen molar-refractivity contribution in [3.8, 4) is 6.07 Å². The van der Waals surface area contributed by atoms with Crippen molar-refractivity contribution in [1.82, 2.24) is 4.98 Å². The molecule has 0 radical (unpaired) electrons. The van der Waals surface area contributed by atoms with Crippen LogP contribution in [0, 0.1) is 11.3 Å². The van der Waals surface area contributed by atoms with Crippen molar-refractivity contribution >= 4 is 16.6 Å². The smallest absolute Gasteiger partial charge is 0.103 e. The van der Waals surface area contributed by atoms with Crippen LogP contribution >= 0.6 is 0 Å². The summed E-state index contributed by atoms with van der Waals surface area (Å²) in [6, 6.07) is 10.2. The Morgan fingerprint density at radius 1 is 1.50 bits per heavy atom. The van der Waals surface area contributed by atoms with Gasteiger partial charge >= 0.3 is 0 Å². The molecule has 1 heterocycles. The first-order valence-electron chi connectivity index (χ1n) is 5.91. The van der Waals surface area contributed by atoms with Gasteiger partial charge in [0.2, 0.25) is 0 Å². The lowest BCUT2D eigenvalue weighted by molar-refractivity contribution is 0.815. The molecule has 0 aliphatic heterocycles. The van der Waals surface area contributed by atoms with E-state index in [0.29, 0.717) is 5.56 Å². The van der Waals surface area contributed by atoms with Gasteiger partial charge in [0.1, 0.15) is 6.07 Å². The highest BCUT2D eigenvalue weighted by atomic mass is 14.9. The minimum Gasteiger partial charge on any atom is -0.381 e. The van der Waals surface area contributed by atoms with Crippen LogP contribution in [0.1, 0.15) is 18.9 Å². The van der Waals surface area contributed by atoms with Gasteiger partial charge in [-0.05, 0) is 19.4 Å². The molecule has 0 saturated heterocycles. The molecule has 18 heavy (non-hydrogen) atoms. The minimum absolute atomic E-state index is 0.236. The molecule has 0 aliphatic rings. The Balaban J connectivity index is 2.51. The molecule has 2 rings (SSSR count). The molecule has 3 nitrogen and oxygen atoms in total. The van der Waals surface area contributed by atoms with Crippen LogP contribution in [0.2, 0.25) is 0 Å². The van der Waals surface area contributed by atoms with E-state index >= 15 is 0 Å². The van der Waals surface area contributed by atoms with Crippen LogP contribution in [0.15, 0.2) is 43.1 Å². The molecular formula is C15H15N3. The number of aromatic nitrogens is 1. The Hall–Kier alpha value is -2.34. The molecule has 0 fully saturated rings. The quantitative estimate of drug-likeness (QED) is 0.828. The van der Waals surface area contributed by atoms with Crippen LogP contribution in [0.3, 0.4) is 0 Å². The second-order valence-corrected chi connectivity index (χ2v) is 4.25. The van der Waals surface area contributed by atoms with Crippen LogP contribution in [-0.2, 0) is 0 Å². The topological polar surface area (TPSA) is 48.7 Å². The summed E-state index contributed by atoms with van der Waals surface area (Å²) in [7, 11) is 0. The average Bonchev–Trinajstić information content (AvgIpc) is 2.39. The lowest BCUT2D eigenvalue weighted by atomic mass is 10.1. The molecular weight excluding hydrogens is 222 g/mol. The van der Waals surface area contributed by atoms with Crippen molar-refractivity contribution in [3.63, 3.8) is 0 Å². The molecule has 0 amide bonds. The summed E-state index contributed by atoms with van der Waals surface area (Å²) in [4.78, 5) is 4.28. The second kappa shape index (κ2) is 5.33. The molecule has 90 valence electrons. The highest BCUT2D eigenvalue weighted by Crippen LogP contribution is 2.26. The average molecular weight is 237 g/mol. The van der Waals surface area contributed by atoms with Gasteiger partial charge in [0.25, 0.3) is 0 Å². The molecule has 1 unspecified atom stereocenters. The van der Waals surface area contributed by atoms with Crippen LogP contribution in [0.25, 0.3) is 10.9 Å². The van der Waals surface area contributed by atoms with E-state index in [-0.39, 0.29) is 6.04 Å². The zero-order valence-corrected chi connectivity index (χ0v) is 10.4. The number of benzene rings is 1. The predicted molar refractivity (Wildman–Crippen MR) is 74.4 cm³/mol. The summed E-state index contributed by atoms with van der Waals surface area (Å²) in [6.07, 6.45) is 4.33. The highest BCUT2D eigenvalue weighted by molar-refractivity contribution is 5.93. The molecule has 0 aliphatic carbocycles. The standard InChI is InChI=1S/C15H15N3/c1-3-6-11(2)18-15-12(9-16)10-17-14-8-5-4-7-13(14)15/h3-5,7-8,10-11H,1,6H2,2H3,(H,17,18). The van der Waals surface area contributed by atoms with Crippen molar-refractivity contribution in [1.29, 1.82) is 5.26 Å². The summed E-state index contributed by atoms with van der Waals surface area (Å²) >= 11 is 0. The maximum atomic E-state index is 9.17. The van der Waals surface area contributed by atoms with E-state index < -0.39 is 0 Å². The summed E-state index contributed by atoms with van der Waals surface area (Å²) < 4.78 is 0. The Morgan fingerprint density at radius 2 is 2.28 bits per heavy atom. The van der Waals surface area contributed by atoms with Crippen molar-refractivity contribution in [2.45, 2.75) is 19.4 Å². The summed E-state index contributed by atoms with van der Waals surface area (Å²) in [5.74, 6) is 0. The molecule has 0 spiro atoms. The minimum atomic E-state index is 0.236. The molecule has 1 aromatic heterocycles. The SMILES string of the molecule is C=CCC(C)Nc1c(C#N)cnc2ccccc12. The van der Waals surface area contributed by atoms with E-state index in [1.807, 2.05) is 30.3 Å². The number of nitrogens with zero attached hydrogens (tertiary/aromatic N) is 2. The van der Waals surface area contributed by atoms with Crippen LogP contribution in [0.5, 0.6) is 0 Å². The maximum absolute atomic E-state index is 9.17. The molecule has 0 bridgehead atoms. The first kappa shape index (κ1) is 12.1. The van der Waals surface area contributed by atoms with Gasteiger partial charge < -0.3 is 5.32 Å². The molecule has 3 heteroatoms. The molecule has 2 aromatic rings. The number of rotatable bonds is 4. The fourth-order valence-electron chi connectivity index (χ4n) is 1.94. The lowest BCUT2D eigenvalue weighted by Crippen LogP contribution is -2.15. The lowest BCUT2D eigenvalue weighted by Gasteiger charge is -2.16. The number of hydrogen-bond acceptors (Lipinski definition) is 3. The summed E-state index contributed by atoms with van der Waals surface area (Å²) in [5.41, 5.74) is 2.33. The van der Waals surface area contributed by atoms with Crippen LogP contribution in [0.4, 0.5) is 5.69 Å². The molecule has 1 aromatic carbocycles. The third kappa shape index (κ3) is 2.33. The Labute approximate surface area is 107 Å². The molecule has 0 saturated carbocycles. The monoisotopic (exact) mass is 237 g/mol. The number of fused-ring (bicyclic) bond motifs is 1. The van der Waals surface area contributed by atoms with Crippen LogP contribution < -0.4 is 5.32 Å². The van der Waals surface area contributed by atoms with E-state index in [2.05, 4.69) is 29.9 Å². The maximum Gasteiger partial charge on any atom is 0.103 e. The third-order valence-electron chi connectivity index (χ3n) is 2.81. The highest BCUT2D eigenvalue weighted by Gasteiger charge is 2.10. The van der Waals surface area contributed by atoms with Gasteiger partial charge in [-0.25, -0.2) is 0 Å². The van der Waals surface area contributed by atoms with E-state index in [1.165, 1.54) is 0 Å². The normalized spacial score (nSPS) is 11.8. The number of nitrogens with one attached hydrogen (secondary N) is 1. The molecule has 1 atom stereocenters. The van der Waals surface area contributed by atoms with Gasteiger partial charge in [0, 0.05) is 17.6 Å². The van der Waals surface area contributed by atoms with Gasteiger partial charge in [-0.15, -0.1) is 6.58 Å². The Bertz CT molecular complexity index is 611. The van der Waals surface area contributed by atoms with Gasteiger partial charge in [0.15, 0.2) is 0 Å². The van der Waals surface area contributed by atoms with Crippen molar-refractivity contribution in [2.75, 3.05) is 5.32 Å². The largest absolute Gasteiger partial charge is 0.381 e. The second-order valence-electron chi connectivity index (χ2n) is 4.25. The number of anilines is 1. The Kier molecular flexibility index (Phi) is 3.59. The van der Waals surface area contributed by atoms with Gasteiger partial charge in [0.05, 0.1) is 16.8 Å². The third-order valence-corrected chi connectivity index (χ3v) is 2.81. The zero-order valence-electron chi connectivity index (χ0n) is 10.4. The summed E-state index contributed by atoms with van der Waals surface area (Å²) in [5, 5.41) is 13.5. The molecule has 1 N–H and O–H groups in total. The van der Waals surface area contributed by atoms with Gasteiger partial charge in [-0.3, -0.25) is 4.98 Å². The summed E-state index contributed by atoms with van der Waals surface area (Å²) in [6.45, 7) is 5.80. The van der Waals surface area contributed by atoms with E-state index in [9.17, 15) is 5.26 Å². The van der Waals surface area contributed by atoms with Crippen molar-refractivity contribution in [3.05, 3.63) is 48.7 Å².